The molecule has 0 fully saturated rings. The number of hydrogen-bond donors (Lipinski definition) is 1. The van der Waals surface area contributed by atoms with Gasteiger partial charge < -0.3 is 5.32 Å². The second-order valence-electron chi connectivity index (χ2n) is 3.25. The van der Waals surface area contributed by atoms with Gasteiger partial charge in [0.25, 0.3) is 0 Å². The number of halogens is 2. The van der Waals surface area contributed by atoms with Gasteiger partial charge in [-0.3, -0.25) is 4.98 Å². The van der Waals surface area contributed by atoms with E-state index in [-0.39, 0.29) is 10.4 Å². The minimum atomic E-state index is 0.0702. The van der Waals surface area contributed by atoms with Crippen molar-refractivity contribution < 1.29 is 0 Å². The van der Waals surface area contributed by atoms with E-state index in [2.05, 4.69) is 25.5 Å². The third-order valence-electron chi connectivity index (χ3n) is 2.08. The standard InChI is InChI=1S/C10H9Cl2N5/c11-8-9(15-10(12)17-16-8)14-6-3-7-1-4-13-5-2-7/h1-2,4-5H,3,6H2,(H,14,15,17). The topological polar surface area (TPSA) is 63.6 Å². The first-order chi connectivity index (χ1) is 8.25. The fraction of sp³-hybridized carbons (Fsp3) is 0.200. The SMILES string of the molecule is Clc1nnc(Cl)c(NCCc2ccncc2)n1. The van der Waals surface area contributed by atoms with Crippen LogP contribution in [0.5, 0.6) is 0 Å². The molecule has 0 saturated heterocycles. The summed E-state index contributed by atoms with van der Waals surface area (Å²) in [5.74, 6) is 0.445. The first-order valence-electron chi connectivity index (χ1n) is 4.94. The van der Waals surface area contributed by atoms with E-state index in [0.717, 1.165) is 6.42 Å². The van der Waals surface area contributed by atoms with Gasteiger partial charge in [-0.25, -0.2) is 0 Å². The summed E-state index contributed by atoms with van der Waals surface area (Å²) < 4.78 is 0. The predicted molar refractivity (Wildman–Crippen MR) is 66.3 cm³/mol. The van der Waals surface area contributed by atoms with Crippen LogP contribution in [0.4, 0.5) is 5.82 Å². The van der Waals surface area contributed by atoms with E-state index in [1.807, 2.05) is 12.1 Å². The molecule has 0 amide bonds. The summed E-state index contributed by atoms with van der Waals surface area (Å²) >= 11 is 11.4. The maximum atomic E-state index is 5.81. The summed E-state index contributed by atoms with van der Waals surface area (Å²) in [6.07, 6.45) is 4.34. The molecule has 2 heterocycles. The summed E-state index contributed by atoms with van der Waals surface area (Å²) in [4.78, 5) is 7.89. The molecular formula is C10H9Cl2N5. The van der Waals surface area contributed by atoms with Crippen LogP contribution in [0.25, 0.3) is 0 Å². The van der Waals surface area contributed by atoms with E-state index in [0.29, 0.717) is 12.4 Å². The molecular weight excluding hydrogens is 261 g/mol. The summed E-state index contributed by atoms with van der Waals surface area (Å²) in [5.41, 5.74) is 1.18. The first-order valence-corrected chi connectivity index (χ1v) is 5.70. The van der Waals surface area contributed by atoms with Crippen LogP contribution in [0.3, 0.4) is 0 Å². The number of anilines is 1. The number of pyridine rings is 1. The molecule has 0 aromatic carbocycles. The van der Waals surface area contributed by atoms with Crippen molar-refractivity contribution in [2.75, 3.05) is 11.9 Å². The predicted octanol–water partition coefficient (Wildman–Crippen LogP) is 2.23. The van der Waals surface area contributed by atoms with E-state index < -0.39 is 0 Å². The fourth-order valence-corrected chi connectivity index (χ4v) is 1.55. The van der Waals surface area contributed by atoms with Gasteiger partial charge in [0.15, 0.2) is 11.0 Å². The fourth-order valence-electron chi connectivity index (χ4n) is 1.28. The highest BCUT2D eigenvalue weighted by molar-refractivity contribution is 6.32. The Morgan fingerprint density at radius 3 is 2.65 bits per heavy atom. The van der Waals surface area contributed by atoms with Gasteiger partial charge in [0, 0.05) is 18.9 Å². The number of aromatic nitrogens is 4. The summed E-state index contributed by atoms with van der Waals surface area (Å²) in [5, 5.41) is 10.5. The number of rotatable bonds is 4. The van der Waals surface area contributed by atoms with Crippen LogP contribution in [-0.2, 0) is 6.42 Å². The normalized spacial score (nSPS) is 10.2. The monoisotopic (exact) mass is 269 g/mol. The van der Waals surface area contributed by atoms with Crippen molar-refractivity contribution in [1.29, 1.82) is 0 Å². The molecule has 0 atom stereocenters. The van der Waals surface area contributed by atoms with E-state index in [4.69, 9.17) is 23.2 Å². The van der Waals surface area contributed by atoms with E-state index in [1.165, 1.54) is 5.56 Å². The van der Waals surface area contributed by atoms with Gasteiger partial charge in [0.05, 0.1) is 0 Å². The second kappa shape index (κ2) is 5.75. The quantitative estimate of drug-likeness (QED) is 0.922. The maximum Gasteiger partial charge on any atom is 0.245 e. The zero-order valence-electron chi connectivity index (χ0n) is 8.77. The van der Waals surface area contributed by atoms with Crippen molar-refractivity contribution >= 4 is 29.0 Å². The first kappa shape index (κ1) is 12.0. The van der Waals surface area contributed by atoms with Crippen LogP contribution >= 0.6 is 23.2 Å². The van der Waals surface area contributed by atoms with Gasteiger partial charge in [0.2, 0.25) is 5.28 Å². The van der Waals surface area contributed by atoms with Crippen molar-refractivity contribution in [3.05, 3.63) is 40.5 Å². The Balaban J connectivity index is 1.92. The zero-order chi connectivity index (χ0) is 12.1. The summed E-state index contributed by atoms with van der Waals surface area (Å²) in [6, 6.07) is 3.91. The minimum absolute atomic E-state index is 0.0702. The molecule has 5 nitrogen and oxygen atoms in total. The highest BCUT2D eigenvalue weighted by Gasteiger charge is 2.04. The smallest absolute Gasteiger partial charge is 0.245 e. The maximum absolute atomic E-state index is 5.81. The van der Waals surface area contributed by atoms with Crippen molar-refractivity contribution in [3.8, 4) is 0 Å². The number of nitrogens with one attached hydrogen (secondary N) is 1. The van der Waals surface area contributed by atoms with Gasteiger partial charge in [-0.1, -0.05) is 11.6 Å². The Kier molecular flexibility index (Phi) is 4.06. The molecule has 2 aromatic heterocycles. The second-order valence-corrected chi connectivity index (χ2v) is 3.95. The molecule has 0 aliphatic carbocycles. The third-order valence-corrected chi connectivity index (χ3v) is 2.49. The summed E-state index contributed by atoms with van der Waals surface area (Å²) in [6.45, 7) is 0.679. The van der Waals surface area contributed by atoms with E-state index in [1.54, 1.807) is 12.4 Å². The van der Waals surface area contributed by atoms with Crippen LogP contribution in [0.1, 0.15) is 5.56 Å². The van der Waals surface area contributed by atoms with Gasteiger partial charge >= 0.3 is 0 Å². The van der Waals surface area contributed by atoms with Gasteiger partial charge in [-0.2, -0.15) is 4.98 Å². The minimum Gasteiger partial charge on any atom is -0.367 e. The molecule has 0 radical (unpaired) electrons. The lowest BCUT2D eigenvalue weighted by Crippen LogP contribution is -2.08. The Bertz CT molecular complexity index is 491. The van der Waals surface area contributed by atoms with Crippen molar-refractivity contribution in [2.24, 2.45) is 0 Å². The lowest BCUT2D eigenvalue weighted by Gasteiger charge is -2.06. The average Bonchev–Trinajstić information content (AvgIpc) is 2.35. The zero-order valence-corrected chi connectivity index (χ0v) is 10.3. The van der Waals surface area contributed by atoms with E-state index >= 15 is 0 Å². The van der Waals surface area contributed by atoms with E-state index in [9.17, 15) is 0 Å². The van der Waals surface area contributed by atoms with Crippen molar-refractivity contribution in [2.45, 2.75) is 6.42 Å². The molecule has 88 valence electrons. The molecule has 0 aliphatic rings. The van der Waals surface area contributed by atoms with Crippen molar-refractivity contribution in [3.63, 3.8) is 0 Å². The van der Waals surface area contributed by atoms with Gasteiger partial charge in [-0.15, -0.1) is 10.2 Å². The van der Waals surface area contributed by atoms with Crippen molar-refractivity contribution in [1.82, 2.24) is 20.2 Å². The van der Waals surface area contributed by atoms with Gasteiger partial charge in [-0.05, 0) is 35.7 Å². The average molecular weight is 270 g/mol. The van der Waals surface area contributed by atoms with Gasteiger partial charge in [0.1, 0.15) is 0 Å². The Morgan fingerprint density at radius 2 is 1.88 bits per heavy atom. The molecule has 0 spiro atoms. The summed E-state index contributed by atoms with van der Waals surface area (Å²) in [7, 11) is 0. The van der Waals surface area contributed by atoms with Crippen LogP contribution in [-0.4, -0.2) is 26.7 Å². The molecule has 1 N–H and O–H groups in total. The Labute approximate surface area is 108 Å². The Hall–Kier alpha value is -1.46. The molecule has 0 bridgehead atoms. The number of nitrogens with zero attached hydrogens (tertiary/aromatic N) is 4. The van der Waals surface area contributed by atoms with Crippen LogP contribution in [0.15, 0.2) is 24.5 Å². The molecule has 2 rings (SSSR count). The molecule has 7 heteroatoms. The van der Waals surface area contributed by atoms with Crippen LogP contribution in [0.2, 0.25) is 10.4 Å². The van der Waals surface area contributed by atoms with Crippen LogP contribution in [0, 0.1) is 0 Å². The largest absolute Gasteiger partial charge is 0.367 e. The molecule has 0 aliphatic heterocycles. The lowest BCUT2D eigenvalue weighted by molar-refractivity contribution is 0.943. The lowest BCUT2D eigenvalue weighted by atomic mass is 10.2. The molecule has 0 unspecified atom stereocenters. The van der Waals surface area contributed by atoms with Crippen LogP contribution < -0.4 is 5.32 Å². The number of hydrogen-bond acceptors (Lipinski definition) is 5. The highest BCUT2D eigenvalue weighted by atomic mass is 35.5. The third kappa shape index (κ3) is 3.51. The molecule has 0 saturated carbocycles. The molecule has 2 aromatic rings. The highest BCUT2D eigenvalue weighted by Crippen LogP contribution is 2.16. The Morgan fingerprint density at radius 1 is 1.12 bits per heavy atom. The molecule has 17 heavy (non-hydrogen) atoms.